The summed E-state index contributed by atoms with van der Waals surface area (Å²) in [6.07, 6.45) is 2.21. The van der Waals surface area contributed by atoms with Crippen molar-refractivity contribution in [2.75, 3.05) is 11.4 Å². The molecule has 0 spiro atoms. The predicted molar refractivity (Wildman–Crippen MR) is 68.1 cm³/mol. The summed E-state index contributed by atoms with van der Waals surface area (Å²) < 4.78 is 13.2. The van der Waals surface area contributed by atoms with Gasteiger partial charge in [0.2, 0.25) is 0 Å². The van der Waals surface area contributed by atoms with E-state index < -0.39 is 0 Å². The third kappa shape index (κ3) is 2.12. The van der Waals surface area contributed by atoms with Crippen molar-refractivity contribution in [3.05, 3.63) is 29.6 Å². The van der Waals surface area contributed by atoms with Gasteiger partial charge in [0.15, 0.2) is 0 Å². The molecule has 1 aromatic carbocycles. The van der Waals surface area contributed by atoms with E-state index in [-0.39, 0.29) is 17.2 Å². The summed E-state index contributed by atoms with van der Waals surface area (Å²) in [5.74, 6) is -0.432. The second-order valence-corrected chi connectivity index (χ2v) is 5.14. The maximum absolute atomic E-state index is 13.2. The molecule has 4 heteroatoms. The fourth-order valence-corrected chi connectivity index (χ4v) is 2.51. The van der Waals surface area contributed by atoms with Crippen molar-refractivity contribution in [2.45, 2.75) is 32.2 Å². The molecule has 1 aliphatic heterocycles. The second-order valence-electron chi connectivity index (χ2n) is 5.14. The van der Waals surface area contributed by atoms with Crippen molar-refractivity contribution in [1.29, 1.82) is 5.41 Å². The number of nitrogens with zero attached hydrogens (tertiary/aromatic N) is 1. The summed E-state index contributed by atoms with van der Waals surface area (Å²) in [5.41, 5.74) is 6.92. The Morgan fingerprint density at radius 1 is 1.47 bits per heavy atom. The van der Waals surface area contributed by atoms with E-state index in [0.717, 1.165) is 25.1 Å². The van der Waals surface area contributed by atoms with E-state index in [0.29, 0.717) is 5.56 Å². The van der Waals surface area contributed by atoms with Crippen molar-refractivity contribution in [3.63, 3.8) is 0 Å². The Kier molecular flexibility index (Phi) is 2.81. The van der Waals surface area contributed by atoms with E-state index in [1.165, 1.54) is 12.1 Å². The minimum atomic E-state index is -0.351. The first-order valence-corrected chi connectivity index (χ1v) is 5.83. The summed E-state index contributed by atoms with van der Waals surface area (Å²) in [6.45, 7) is 5.25. The number of hydrogen-bond donors (Lipinski definition) is 2. The van der Waals surface area contributed by atoms with Gasteiger partial charge >= 0.3 is 0 Å². The number of anilines is 1. The lowest BCUT2D eigenvalue weighted by Crippen LogP contribution is -2.39. The minimum absolute atomic E-state index is 0.0437. The van der Waals surface area contributed by atoms with Crippen LogP contribution in [0.2, 0.25) is 0 Å². The first-order chi connectivity index (χ1) is 7.92. The molecular weight excluding hydrogens is 217 g/mol. The number of rotatable bonds is 2. The predicted octanol–water partition coefficient (Wildman–Crippen LogP) is 2.49. The number of amidine groups is 1. The SMILES string of the molecule is CC1(C)CCCN1c1ccc(F)cc1C(=N)N. The molecule has 2 rings (SSSR count). The molecular formula is C13H18FN3. The molecule has 1 saturated heterocycles. The molecule has 3 N–H and O–H groups in total. The smallest absolute Gasteiger partial charge is 0.125 e. The molecule has 1 fully saturated rings. The van der Waals surface area contributed by atoms with Gasteiger partial charge in [-0.1, -0.05) is 0 Å². The lowest BCUT2D eigenvalue weighted by Gasteiger charge is -2.35. The van der Waals surface area contributed by atoms with Gasteiger partial charge in [-0.3, -0.25) is 5.41 Å². The Bertz CT molecular complexity index is 454. The highest BCUT2D eigenvalue weighted by molar-refractivity contribution is 6.00. The first kappa shape index (κ1) is 11.9. The minimum Gasteiger partial charge on any atom is -0.384 e. The van der Waals surface area contributed by atoms with Crippen molar-refractivity contribution in [3.8, 4) is 0 Å². The molecule has 3 nitrogen and oxygen atoms in total. The van der Waals surface area contributed by atoms with Crippen LogP contribution in [0.25, 0.3) is 0 Å². The molecule has 0 saturated carbocycles. The average Bonchev–Trinajstić information content (AvgIpc) is 2.58. The van der Waals surface area contributed by atoms with Gasteiger partial charge in [0, 0.05) is 23.3 Å². The number of benzene rings is 1. The molecule has 1 aromatic rings. The molecule has 0 atom stereocenters. The van der Waals surface area contributed by atoms with Crippen LogP contribution in [0.3, 0.4) is 0 Å². The third-order valence-corrected chi connectivity index (χ3v) is 3.44. The van der Waals surface area contributed by atoms with Gasteiger partial charge in [0.05, 0.1) is 0 Å². The van der Waals surface area contributed by atoms with Crippen LogP contribution in [0.4, 0.5) is 10.1 Å². The van der Waals surface area contributed by atoms with Crippen LogP contribution >= 0.6 is 0 Å². The Morgan fingerprint density at radius 3 is 2.71 bits per heavy atom. The molecule has 92 valence electrons. The summed E-state index contributed by atoms with van der Waals surface area (Å²) in [7, 11) is 0. The van der Waals surface area contributed by atoms with E-state index in [4.69, 9.17) is 11.1 Å². The zero-order valence-electron chi connectivity index (χ0n) is 10.3. The summed E-state index contributed by atoms with van der Waals surface area (Å²) >= 11 is 0. The molecule has 1 aliphatic rings. The van der Waals surface area contributed by atoms with E-state index in [9.17, 15) is 4.39 Å². The highest BCUT2D eigenvalue weighted by Crippen LogP contribution is 2.35. The summed E-state index contributed by atoms with van der Waals surface area (Å²) in [4.78, 5) is 2.21. The van der Waals surface area contributed by atoms with Crippen molar-refractivity contribution in [1.82, 2.24) is 0 Å². The molecule has 0 unspecified atom stereocenters. The van der Waals surface area contributed by atoms with Crippen LogP contribution in [-0.4, -0.2) is 17.9 Å². The monoisotopic (exact) mass is 235 g/mol. The van der Waals surface area contributed by atoms with Crippen molar-refractivity contribution in [2.24, 2.45) is 5.73 Å². The molecule has 0 amide bonds. The lowest BCUT2D eigenvalue weighted by molar-refractivity contribution is 0.517. The van der Waals surface area contributed by atoms with Crippen molar-refractivity contribution >= 4 is 11.5 Å². The standard InChI is InChI=1S/C13H18FN3/c1-13(2)6-3-7-17(13)11-5-4-9(14)8-10(11)12(15)16/h4-5,8H,3,6-7H2,1-2H3,(H3,15,16). The maximum Gasteiger partial charge on any atom is 0.125 e. The molecule has 0 aromatic heterocycles. The molecule has 0 aliphatic carbocycles. The number of hydrogen-bond acceptors (Lipinski definition) is 2. The third-order valence-electron chi connectivity index (χ3n) is 3.44. The normalized spacial score (nSPS) is 18.4. The van der Waals surface area contributed by atoms with Gasteiger partial charge in [0.25, 0.3) is 0 Å². The van der Waals surface area contributed by atoms with E-state index in [2.05, 4.69) is 18.7 Å². The Morgan fingerprint density at radius 2 is 2.18 bits per heavy atom. The summed E-state index contributed by atoms with van der Waals surface area (Å²) in [5, 5.41) is 7.55. The van der Waals surface area contributed by atoms with Crippen LogP contribution in [0.15, 0.2) is 18.2 Å². The fraction of sp³-hybridized carbons (Fsp3) is 0.462. The number of nitrogens with two attached hydrogens (primary N) is 1. The number of halogens is 1. The quantitative estimate of drug-likeness (QED) is 0.611. The van der Waals surface area contributed by atoms with E-state index in [1.54, 1.807) is 6.07 Å². The maximum atomic E-state index is 13.2. The number of nitrogen functional groups attached to an aromatic ring is 1. The van der Waals surface area contributed by atoms with Crippen molar-refractivity contribution < 1.29 is 4.39 Å². The highest BCUT2D eigenvalue weighted by atomic mass is 19.1. The summed E-state index contributed by atoms with van der Waals surface area (Å²) in [6, 6.07) is 4.49. The Labute approximate surface area is 101 Å². The zero-order valence-corrected chi connectivity index (χ0v) is 10.3. The topological polar surface area (TPSA) is 53.1 Å². The van der Waals surface area contributed by atoms with Gasteiger partial charge in [-0.25, -0.2) is 4.39 Å². The average molecular weight is 235 g/mol. The molecule has 1 heterocycles. The lowest BCUT2D eigenvalue weighted by atomic mass is 10.0. The van der Waals surface area contributed by atoms with E-state index >= 15 is 0 Å². The van der Waals surface area contributed by atoms with Crippen LogP contribution in [0.1, 0.15) is 32.3 Å². The Hall–Kier alpha value is -1.58. The highest BCUT2D eigenvalue weighted by Gasteiger charge is 2.33. The van der Waals surface area contributed by atoms with Crippen LogP contribution in [-0.2, 0) is 0 Å². The number of nitrogens with one attached hydrogen (secondary N) is 1. The van der Waals surface area contributed by atoms with Gasteiger partial charge in [-0.2, -0.15) is 0 Å². The fourth-order valence-electron chi connectivity index (χ4n) is 2.51. The van der Waals surface area contributed by atoms with Crippen LogP contribution < -0.4 is 10.6 Å². The molecule has 17 heavy (non-hydrogen) atoms. The van der Waals surface area contributed by atoms with Gasteiger partial charge in [-0.15, -0.1) is 0 Å². The van der Waals surface area contributed by atoms with Crippen LogP contribution in [0.5, 0.6) is 0 Å². The van der Waals surface area contributed by atoms with Gasteiger partial charge < -0.3 is 10.6 Å². The van der Waals surface area contributed by atoms with Crippen LogP contribution in [0, 0.1) is 11.2 Å². The molecule has 0 radical (unpaired) electrons. The molecule has 0 bridgehead atoms. The second kappa shape index (κ2) is 4.02. The van der Waals surface area contributed by atoms with Gasteiger partial charge in [-0.05, 0) is 44.9 Å². The van der Waals surface area contributed by atoms with E-state index in [1.807, 2.05) is 0 Å². The van der Waals surface area contributed by atoms with Gasteiger partial charge in [0.1, 0.15) is 11.7 Å². The Balaban J connectivity index is 2.48. The zero-order chi connectivity index (χ0) is 12.6. The largest absolute Gasteiger partial charge is 0.384 e. The first-order valence-electron chi connectivity index (χ1n) is 5.83.